The van der Waals surface area contributed by atoms with Crippen LogP contribution in [-0.4, -0.2) is 10.8 Å². The van der Waals surface area contributed by atoms with Gasteiger partial charge < -0.3 is 5.73 Å². The van der Waals surface area contributed by atoms with Crippen LogP contribution in [0.2, 0.25) is 0 Å². The number of pyridine rings is 1. The van der Waals surface area contributed by atoms with Gasteiger partial charge in [-0.15, -0.1) is 0 Å². The third-order valence-corrected chi connectivity index (χ3v) is 13.1. The lowest BCUT2D eigenvalue weighted by molar-refractivity contribution is 1.27. The quantitative estimate of drug-likeness (QED) is 0.104. The van der Waals surface area contributed by atoms with Crippen molar-refractivity contribution in [3.63, 3.8) is 0 Å². The van der Waals surface area contributed by atoms with Gasteiger partial charge in [0.2, 0.25) is 0 Å². The molecular formula is C42H34N3P2+. The van der Waals surface area contributed by atoms with Crippen LogP contribution in [-0.2, 0) is 0 Å². The van der Waals surface area contributed by atoms with Gasteiger partial charge >= 0.3 is 0 Å². The van der Waals surface area contributed by atoms with Gasteiger partial charge in [-0.05, 0) is 84.0 Å². The first kappa shape index (κ1) is 30.5. The predicted molar refractivity (Wildman–Crippen MR) is 205 cm³/mol. The third-order valence-electron chi connectivity index (χ3n) is 8.01. The Balaban J connectivity index is 1.45. The van der Waals surface area contributed by atoms with Crippen molar-refractivity contribution in [2.24, 2.45) is 10.7 Å². The summed E-state index contributed by atoms with van der Waals surface area (Å²) in [5, 5.41) is 7.72. The van der Waals surface area contributed by atoms with Gasteiger partial charge in [-0.2, -0.15) is 0 Å². The average molecular weight is 643 g/mol. The van der Waals surface area contributed by atoms with Crippen molar-refractivity contribution in [3.05, 3.63) is 194 Å². The predicted octanol–water partition coefficient (Wildman–Crippen LogP) is 7.03. The molecule has 7 rings (SSSR count). The molecule has 0 aliphatic rings. The van der Waals surface area contributed by atoms with Crippen molar-refractivity contribution in [3.8, 4) is 11.1 Å². The molecule has 0 radical (unpaired) electrons. The van der Waals surface area contributed by atoms with Crippen LogP contribution in [0.1, 0.15) is 5.56 Å². The molecule has 226 valence electrons. The van der Waals surface area contributed by atoms with E-state index in [4.69, 9.17) is 10.7 Å². The Morgan fingerprint density at radius 3 is 1.57 bits per heavy atom. The summed E-state index contributed by atoms with van der Waals surface area (Å²) in [4.78, 5) is 9.67. The first-order chi connectivity index (χ1) is 23.2. The average Bonchev–Trinajstić information content (AvgIpc) is 3.14. The summed E-state index contributed by atoms with van der Waals surface area (Å²) >= 11 is 0. The Morgan fingerprint density at radius 1 is 0.511 bits per heavy atom. The van der Waals surface area contributed by atoms with Gasteiger partial charge in [0.05, 0.1) is 7.92 Å². The molecule has 1 heterocycles. The van der Waals surface area contributed by atoms with Crippen LogP contribution in [0, 0.1) is 0 Å². The van der Waals surface area contributed by atoms with Gasteiger partial charge in [0.1, 0.15) is 21.7 Å². The molecular weight excluding hydrogens is 608 g/mol. The van der Waals surface area contributed by atoms with E-state index in [1.165, 1.54) is 31.8 Å². The highest BCUT2D eigenvalue weighted by Gasteiger charge is 2.28. The van der Waals surface area contributed by atoms with Gasteiger partial charge in [0, 0.05) is 17.3 Å². The molecule has 0 bridgehead atoms. The van der Waals surface area contributed by atoms with Crippen molar-refractivity contribution >= 4 is 59.3 Å². The monoisotopic (exact) mass is 642 g/mol. The maximum atomic E-state index is 7.00. The van der Waals surface area contributed by atoms with E-state index in [0.717, 1.165) is 16.7 Å². The highest BCUT2D eigenvalue weighted by atomic mass is 31.1. The second-order valence-electron chi connectivity index (χ2n) is 11.1. The van der Waals surface area contributed by atoms with E-state index in [9.17, 15) is 0 Å². The Labute approximate surface area is 279 Å². The minimum Gasteiger partial charge on any atom is -0.383 e. The van der Waals surface area contributed by atoms with E-state index in [-0.39, 0.29) is 0 Å². The molecule has 2 N–H and O–H groups in total. The Morgan fingerprint density at radius 2 is 1.02 bits per heavy atom. The van der Waals surface area contributed by atoms with Gasteiger partial charge in [0.25, 0.3) is 0 Å². The fourth-order valence-corrected chi connectivity index (χ4v) is 11.0. The highest BCUT2D eigenvalue weighted by molar-refractivity contribution is 7.81. The van der Waals surface area contributed by atoms with Crippen LogP contribution >= 0.6 is 15.8 Å². The molecule has 0 aliphatic carbocycles. The third kappa shape index (κ3) is 6.98. The molecule has 0 unspecified atom stereocenters. The van der Waals surface area contributed by atoms with Crippen molar-refractivity contribution < 1.29 is 0 Å². The van der Waals surface area contributed by atoms with Crippen LogP contribution in [0.4, 0.5) is 5.82 Å². The fraction of sp³-hybridized carbons (Fsp3) is 0. The van der Waals surface area contributed by atoms with E-state index in [1.807, 2.05) is 30.3 Å². The summed E-state index contributed by atoms with van der Waals surface area (Å²) in [7, 11) is -2.27. The normalized spacial score (nSPS) is 11.6. The number of aromatic nitrogens is 1. The molecule has 0 saturated heterocycles. The first-order valence-electron chi connectivity index (χ1n) is 15.6. The van der Waals surface area contributed by atoms with Crippen molar-refractivity contribution in [2.75, 3.05) is 0 Å². The minimum absolute atomic E-state index is 0.447. The van der Waals surface area contributed by atoms with Crippen LogP contribution in [0.15, 0.2) is 193 Å². The number of hydrogen-bond donors (Lipinski definition) is 1. The zero-order chi connectivity index (χ0) is 31.8. The topological polar surface area (TPSA) is 51.3 Å². The van der Waals surface area contributed by atoms with E-state index < -0.39 is 15.8 Å². The number of aliphatic imine (C=N–C) groups is 1. The molecule has 47 heavy (non-hydrogen) atoms. The van der Waals surface area contributed by atoms with Gasteiger partial charge in [-0.1, -0.05) is 127 Å². The number of nitrogens with zero attached hydrogens (tertiary/aromatic N) is 2. The smallest absolute Gasteiger partial charge is 0.162 e. The Hall–Kier alpha value is -5.20. The Bertz CT molecular complexity index is 1910. The summed E-state index contributed by atoms with van der Waals surface area (Å²) in [6.07, 6.45) is 1.77. The summed E-state index contributed by atoms with van der Waals surface area (Å²) in [5.41, 5.74) is 9.89. The van der Waals surface area contributed by atoms with Crippen molar-refractivity contribution in [1.29, 1.82) is 0 Å². The molecule has 0 amide bonds. The molecule has 1 aromatic heterocycles. The second kappa shape index (κ2) is 14.5. The van der Waals surface area contributed by atoms with E-state index >= 15 is 0 Å². The summed E-state index contributed by atoms with van der Waals surface area (Å²) in [6.45, 7) is 0. The van der Waals surface area contributed by atoms with Crippen LogP contribution in [0.3, 0.4) is 0 Å². The second-order valence-corrected chi connectivity index (χ2v) is 15.8. The molecule has 0 aliphatic heterocycles. The number of rotatable bonds is 9. The van der Waals surface area contributed by atoms with Gasteiger partial charge in [-0.3, -0.25) is 0 Å². The van der Waals surface area contributed by atoms with Gasteiger partial charge in [-0.25, -0.2) is 9.98 Å². The number of benzene rings is 6. The molecule has 0 atom stereocenters. The standard InChI is InChI=1S/C42H33N3P2/c43-41(45-42-40(27-16-28-44-42)32-17-6-1-7-18-32)33-29-38(46(34-19-8-2-9-20-34)35-21-10-3-11-22-35)31-39(30-33)47(36-23-12-4-13-24-36)37-25-14-5-15-26-37/h1-31H,(H2,43,44,45)/p+1. The summed E-state index contributed by atoms with van der Waals surface area (Å²) in [5.74, 6) is 1.05. The summed E-state index contributed by atoms with van der Waals surface area (Å²) < 4.78 is 0. The highest BCUT2D eigenvalue weighted by Crippen LogP contribution is 2.37. The van der Waals surface area contributed by atoms with Gasteiger partial charge in [0.15, 0.2) is 5.82 Å². The SMILES string of the molecule is N/C(=N\c1ncccc1-c1ccccc1)c1cc(P(c2ccccc2)c2ccccc2)cc([PH+](c2ccccc2)c2ccccc2)c1. The minimum atomic E-state index is -1.39. The molecule has 5 heteroatoms. The summed E-state index contributed by atoms with van der Waals surface area (Å²) in [6, 6.07) is 64.5. The number of hydrogen-bond acceptors (Lipinski definition) is 2. The fourth-order valence-electron chi connectivity index (χ4n) is 5.85. The lowest BCUT2D eigenvalue weighted by atomic mass is 10.1. The lowest BCUT2D eigenvalue weighted by Crippen LogP contribution is -2.29. The lowest BCUT2D eigenvalue weighted by Gasteiger charge is -2.21. The maximum Gasteiger partial charge on any atom is 0.162 e. The largest absolute Gasteiger partial charge is 0.383 e. The van der Waals surface area contributed by atoms with E-state index in [2.05, 4.69) is 157 Å². The zero-order valence-corrected chi connectivity index (χ0v) is 27.7. The van der Waals surface area contributed by atoms with E-state index in [1.54, 1.807) is 6.20 Å². The maximum absolute atomic E-state index is 7.00. The van der Waals surface area contributed by atoms with Crippen LogP contribution < -0.4 is 37.6 Å². The van der Waals surface area contributed by atoms with Crippen molar-refractivity contribution in [2.45, 2.75) is 0 Å². The molecule has 7 aromatic rings. The zero-order valence-electron chi connectivity index (χ0n) is 25.8. The van der Waals surface area contributed by atoms with Crippen LogP contribution in [0.25, 0.3) is 11.1 Å². The molecule has 0 saturated carbocycles. The molecule has 3 nitrogen and oxygen atoms in total. The molecule has 6 aromatic carbocycles. The molecule has 0 fully saturated rings. The first-order valence-corrected chi connectivity index (χ1v) is 18.5. The Kier molecular flexibility index (Phi) is 9.38. The van der Waals surface area contributed by atoms with E-state index in [0.29, 0.717) is 11.7 Å². The number of amidine groups is 1. The van der Waals surface area contributed by atoms with Crippen LogP contribution in [0.5, 0.6) is 0 Å². The molecule has 0 spiro atoms. The van der Waals surface area contributed by atoms with Crippen molar-refractivity contribution in [1.82, 2.24) is 4.98 Å². The number of nitrogens with two attached hydrogens (primary N) is 1.